The summed E-state index contributed by atoms with van der Waals surface area (Å²) in [6, 6.07) is 10.0. The van der Waals surface area contributed by atoms with Crippen LogP contribution in [0, 0.1) is 11.3 Å². The normalized spacial score (nSPS) is 10.4. The SMILES string of the molecule is COc1ccc(Cn2cc(-c3nc(Br)sc3C#N)cn2)cc1. The fraction of sp³-hybridized carbons (Fsp3) is 0.133. The van der Waals surface area contributed by atoms with Crippen LogP contribution in [0.15, 0.2) is 40.6 Å². The molecule has 22 heavy (non-hydrogen) atoms. The Morgan fingerprint density at radius 1 is 1.36 bits per heavy atom. The van der Waals surface area contributed by atoms with Crippen molar-refractivity contribution in [2.75, 3.05) is 7.11 Å². The maximum absolute atomic E-state index is 9.14. The molecule has 0 fully saturated rings. The van der Waals surface area contributed by atoms with Gasteiger partial charge in [-0.1, -0.05) is 23.5 Å². The van der Waals surface area contributed by atoms with E-state index in [4.69, 9.17) is 10.00 Å². The summed E-state index contributed by atoms with van der Waals surface area (Å²) in [6.45, 7) is 0.650. The van der Waals surface area contributed by atoms with Crippen LogP contribution in [0.4, 0.5) is 0 Å². The van der Waals surface area contributed by atoms with E-state index in [2.05, 4.69) is 32.1 Å². The summed E-state index contributed by atoms with van der Waals surface area (Å²) >= 11 is 4.63. The van der Waals surface area contributed by atoms with Crippen molar-refractivity contribution in [3.63, 3.8) is 0 Å². The van der Waals surface area contributed by atoms with Crippen LogP contribution in [-0.4, -0.2) is 21.9 Å². The van der Waals surface area contributed by atoms with E-state index < -0.39 is 0 Å². The standard InChI is InChI=1S/C15H11BrN4OS/c1-21-12-4-2-10(3-5-12)8-20-9-11(7-18-20)14-13(6-17)22-15(16)19-14/h2-5,7,9H,8H2,1H3. The molecule has 0 saturated heterocycles. The zero-order valence-electron chi connectivity index (χ0n) is 11.7. The Morgan fingerprint density at radius 3 is 2.82 bits per heavy atom. The van der Waals surface area contributed by atoms with Gasteiger partial charge in [-0.25, -0.2) is 4.98 Å². The Labute approximate surface area is 139 Å². The minimum absolute atomic E-state index is 0.580. The van der Waals surface area contributed by atoms with Crippen LogP contribution in [0.25, 0.3) is 11.3 Å². The number of nitriles is 1. The number of aromatic nitrogens is 3. The van der Waals surface area contributed by atoms with Gasteiger partial charge in [0, 0.05) is 11.8 Å². The second-order valence-corrected chi connectivity index (χ2v) is 6.81. The van der Waals surface area contributed by atoms with Crippen LogP contribution in [0.1, 0.15) is 10.4 Å². The molecule has 0 atom stereocenters. The molecular formula is C15H11BrN4OS. The number of nitrogens with zero attached hydrogens (tertiary/aromatic N) is 4. The first-order valence-electron chi connectivity index (χ1n) is 6.42. The van der Waals surface area contributed by atoms with E-state index in [0.717, 1.165) is 16.9 Å². The van der Waals surface area contributed by atoms with E-state index in [1.807, 2.05) is 35.1 Å². The molecule has 0 unspecified atom stereocenters. The van der Waals surface area contributed by atoms with E-state index in [1.54, 1.807) is 13.3 Å². The smallest absolute Gasteiger partial charge is 0.161 e. The quantitative estimate of drug-likeness (QED) is 0.698. The molecule has 0 amide bonds. The third kappa shape index (κ3) is 3.03. The Morgan fingerprint density at radius 2 is 2.14 bits per heavy atom. The van der Waals surface area contributed by atoms with Crippen LogP contribution >= 0.6 is 27.3 Å². The molecule has 0 bridgehead atoms. The molecule has 7 heteroatoms. The molecule has 0 spiro atoms. The van der Waals surface area contributed by atoms with E-state index in [0.29, 0.717) is 21.0 Å². The highest BCUT2D eigenvalue weighted by Crippen LogP contribution is 2.30. The Hall–Kier alpha value is -2.17. The molecule has 2 heterocycles. The molecule has 110 valence electrons. The molecular weight excluding hydrogens is 364 g/mol. The lowest BCUT2D eigenvalue weighted by molar-refractivity contribution is 0.414. The number of benzene rings is 1. The number of halogens is 1. The lowest BCUT2D eigenvalue weighted by Gasteiger charge is -2.03. The molecule has 0 radical (unpaired) electrons. The predicted octanol–water partition coefficient (Wildman–Crippen LogP) is 3.70. The van der Waals surface area contributed by atoms with Gasteiger partial charge in [0.1, 0.15) is 22.4 Å². The molecule has 1 aromatic carbocycles. The van der Waals surface area contributed by atoms with E-state index >= 15 is 0 Å². The van der Waals surface area contributed by atoms with Gasteiger partial charge in [-0.2, -0.15) is 10.4 Å². The number of hydrogen-bond acceptors (Lipinski definition) is 5. The topological polar surface area (TPSA) is 63.7 Å². The minimum atomic E-state index is 0.580. The van der Waals surface area contributed by atoms with Gasteiger partial charge in [0.05, 0.1) is 19.9 Å². The van der Waals surface area contributed by atoms with Crippen molar-refractivity contribution in [3.05, 3.63) is 51.0 Å². The number of rotatable bonds is 4. The molecule has 0 aliphatic heterocycles. The summed E-state index contributed by atoms with van der Waals surface area (Å²) in [5, 5.41) is 13.5. The lowest BCUT2D eigenvalue weighted by atomic mass is 10.2. The second kappa shape index (κ2) is 6.30. The molecule has 5 nitrogen and oxygen atoms in total. The first kappa shape index (κ1) is 14.8. The Bertz CT molecular complexity index is 832. The van der Waals surface area contributed by atoms with Crippen LogP contribution in [0.5, 0.6) is 5.75 Å². The minimum Gasteiger partial charge on any atom is -0.497 e. The van der Waals surface area contributed by atoms with Gasteiger partial charge >= 0.3 is 0 Å². The van der Waals surface area contributed by atoms with E-state index in [1.165, 1.54) is 11.3 Å². The molecule has 3 rings (SSSR count). The maximum atomic E-state index is 9.14. The summed E-state index contributed by atoms with van der Waals surface area (Å²) in [4.78, 5) is 4.92. The third-order valence-corrected chi connectivity index (χ3v) is 4.52. The van der Waals surface area contributed by atoms with Gasteiger partial charge in [0.2, 0.25) is 0 Å². The molecule has 0 aliphatic carbocycles. The molecule has 0 N–H and O–H groups in total. The van der Waals surface area contributed by atoms with E-state index in [9.17, 15) is 0 Å². The van der Waals surface area contributed by atoms with Crippen molar-refractivity contribution in [2.45, 2.75) is 6.54 Å². The molecule has 3 aromatic rings. The van der Waals surface area contributed by atoms with Gasteiger partial charge < -0.3 is 4.74 Å². The Kier molecular flexibility index (Phi) is 4.22. The van der Waals surface area contributed by atoms with Gasteiger partial charge in [0.25, 0.3) is 0 Å². The van der Waals surface area contributed by atoms with Crippen LogP contribution < -0.4 is 4.74 Å². The highest BCUT2D eigenvalue weighted by molar-refractivity contribution is 9.11. The fourth-order valence-corrected chi connectivity index (χ4v) is 3.33. The van der Waals surface area contributed by atoms with Crippen LogP contribution in [0.3, 0.4) is 0 Å². The zero-order valence-corrected chi connectivity index (χ0v) is 14.1. The van der Waals surface area contributed by atoms with Gasteiger partial charge in [0.15, 0.2) is 3.92 Å². The van der Waals surface area contributed by atoms with Crippen LogP contribution in [0.2, 0.25) is 0 Å². The Balaban J connectivity index is 1.82. The molecule has 0 aliphatic rings. The van der Waals surface area contributed by atoms with Gasteiger partial charge in [-0.3, -0.25) is 4.68 Å². The number of methoxy groups -OCH3 is 1. The summed E-state index contributed by atoms with van der Waals surface area (Å²) in [7, 11) is 1.65. The highest BCUT2D eigenvalue weighted by atomic mass is 79.9. The first-order valence-corrected chi connectivity index (χ1v) is 8.02. The van der Waals surface area contributed by atoms with Crippen molar-refractivity contribution in [2.24, 2.45) is 0 Å². The zero-order chi connectivity index (χ0) is 15.5. The summed E-state index contributed by atoms with van der Waals surface area (Å²) in [5.41, 5.74) is 2.63. The average molecular weight is 375 g/mol. The predicted molar refractivity (Wildman–Crippen MR) is 87.8 cm³/mol. The first-order chi connectivity index (χ1) is 10.7. The number of thiazole rings is 1. The largest absolute Gasteiger partial charge is 0.497 e. The van der Waals surface area contributed by atoms with Gasteiger partial charge in [-0.05, 0) is 33.6 Å². The van der Waals surface area contributed by atoms with Crippen molar-refractivity contribution < 1.29 is 4.74 Å². The van der Waals surface area contributed by atoms with Crippen molar-refractivity contribution in [1.82, 2.24) is 14.8 Å². The van der Waals surface area contributed by atoms with Crippen molar-refractivity contribution in [1.29, 1.82) is 5.26 Å². The molecule has 2 aromatic heterocycles. The summed E-state index contributed by atoms with van der Waals surface area (Å²) in [5.74, 6) is 0.830. The monoisotopic (exact) mass is 374 g/mol. The van der Waals surface area contributed by atoms with E-state index in [-0.39, 0.29) is 0 Å². The van der Waals surface area contributed by atoms with Crippen LogP contribution in [-0.2, 0) is 6.54 Å². The highest BCUT2D eigenvalue weighted by Gasteiger charge is 2.13. The number of ether oxygens (including phenoxy) is 1. The third-order valence-electron chi connectivity index (χ3n) is 3.11. The van der Waals surface area contributed by atoms with Crippen molar-refractivity contribution in [3.8, 4) is 23.1 Å². The maximum Gasteiger partial charge on any atom is 0.161 e. The lowest BCUT2D eigenvalue weighted by Crippen LogP contribution is -1.99. The van der Waals surface area contributed by atoms with Gasteiger partial charge in [-0.15, -0.1) is 0 Å². The summed E-state index contributed by atoms with van der Waals surface area (Å²) < 4.78 is 7.67. The molecule has 0 saturated carbocycles. The average Bonchev–Trinajstić information content (AvgIpc) is 3.14. The fourth-order valence-electron chi connectivity index (χ4n) is 2.06. The number of hydrogen-bond donors (Lipinski definition) is 0. The summed E-state index contributed by atoms with van der Waals surface area (Å²) in [6.07, 6.45) is 3.62. The second-order valence-electron chi connectivity index (χ2n) is 4.53. The van der Waals surface area contributed by atoms with Crippen molar-refractivity contribution >= 4 is 27.3 Å².